The number of nitrogens with zero attached hydrogens (tertiary/aromatic N) is 1. The van der Waals surface area contributed by atoms with Crippen molar-refractivity contribution >= 4 is 28.6 Å². The van der Waals surface area contributed by atoms with Gasteiger partial charge in [-0.05, 0) is 43.5 Å². The quantitative estimate of drug-likeness (QED) is 0.679. The molecule has 0 aromatic heterocycles. The SMILES string of the molecule is Br.COc1ccc(CNC(=O)/C=C2/c3ccccc3CC(C)(C)N2C)cc1OC. The van der Waals surface area contributed by atoms with Gasteiger partial charge in [0.2, 0.25) is 5.91 Å². The number of halogens is 1. The third-order valence-corrected chi connectivity index (χ3v) is 5.37. The normalized spacial score (nSPS) is 15.9. The summed E-state index contributed by atoms with van der Waals surface area (Å²) in [5.41, 5.74) is 4.22. The van der Waals surface area contributed by atoms with Crippen LogP contribution in [0.5, 0.6) is 11.5 Å². The largest absolute Gasteiger partial charge is 0.493 e. The molecular weight excluding hydrogens is 432 g/mol. The molecule has 1 amide bonds. The van der Waals surface area contributed by atoms with Crippen molar-refractivity contribution in [3.8, 4) is 11.5 Å². The molecule has 1 aliphatic rings. The van der Waals surface area contributed by atoms with Crippen molar-refractivity contribution in [1.82, 2.24) is 10.2 Å². The highest BCUT2D eigenvalue weighted by atomic mass is 79.9. The summed E-state index contributed by atoms with van der Waals surface area (Å²) in [4.78, 5) is 14.8. The predicted molar refractivity (Wildman–Crippen MR) is 122 cm³/mol. The van der Waals surface area contributed by atoms with E-state index < -0.39 is 0 Å². The summed E-state index contributed by atoms with van der Waals surface area (Å²) in [7, 11) is 5.25. The van der Waals surface area contributed by atoms with Gasteiger partial charge in [-0.1, -0.05) is 30.3 Å². The van der Waals surface area contributed by atoms with E-state index in [9.17, 15) is 4.79 Å². The highest BCUT2D eigenvalue weighted by Crippen LogP contribution is 2.36. The second-order valence-electron chi connectivity index (χ2n) is 7.64. The van der Waals surface area contributed by atoms with Gasteiger partial charge in [-0.3, -0.25) is 4.79 Å². The molecule has 1 heterocycles. The standard InChI is InChI=1S/C23H28N2O3.BrH/c1-23(2)14-17-8-6-7-9-18(17)19(25(23)3)13-22(26)24-15-16-10-11-20(27-4)21(12-16)28-5;/h6-13H,14-15H2,1-5H3,(H,24,26);1H/b19-13-;. The van der Waals surface area contributed by atoms with Crippen LogP contribution in [0.25, 0.3) is 5.70 Å². The lowest BCUT2D eigenvalue weighted by Crippen LogP contribution is -2.45. The topological polar surface area (TPSA) is 50.8 Å². The van der Waals surface area contributed by atoms with Crippen molar-refractivity contribution < 1.29 is 14.3 Å². The molecule has 0 unspecified atom stereocenters. The Balaban J connectivity index is 0.00000300. The van der Waals surface area contributed by atoms with Gasteiger partial charge in [0.15, 0.2) is 11.5 Å². The monoisotopic (exact) mass is 460 g/mol. The van der Waals surface area contributed by atoms with Crippen LogP contribution in [0.4, 0.5) is 0 Å². The van der Waals surface area contributed by atoms with Crippen molar-refractivity contribution in [1.29, 1.82) is 0 Å². The Bertz CT molecular complexity index is 909. The third-order valence-electron chi connectivity index (χ3n) is 5.37. The van der Waals surface area contributed by atoms with Gasteiger partial charge in [0.1, 0.15) is 0 Å². The van der Waals surface area contributed by atoms with Crippen molar-refractivity contribution in [3.63, 3.8) is 0 Å². The number of hydrogen-bond acceptors (Lipinski definition) is 4. The van der Waals surface area contributed by atoms with Crippen molar-refractivity contribution in [3.05, 3.63) is 65.2 Å². The van der Waals surface area contributed by atoms with Crippen molar-refractivity contribution in [2.45, 2.75) is 32.4 Å². The van der Waals surface area contributed by atoms with Crippen LogP contribution in [0, 0.1) is 0 Å². The molecule has 0 radical (unpaired) electrons. The molecule has 2 aromatic rings. The maximum Gasteiger partial charge on any atom is 0.246 e. The van der Waals surface area contributed by atoms with Crippen LogP contribution in [-0.4, -0.2) is 37.6 Å². The molecule has 0 saturated heterocycles. The number of nitrogens with one attached hydrogen (secondary N) is 1. The number of methoxy groups -OCH3 is 2. The first-order valence-electron chi connectivity index (χ1n) is 9.38. The maximum atomic E-state index is 12.7. The number of fused-ring (bicyclic) bond motifs is 1. The average Bonchev–Trinajstić information content (AvgIpc) is 2.69. The lowest BCUT2D eigenvalue weighted by Gasteiger charge is -2.44. The number of benzene rings is 2. The number of amides is 1. The molecule has 0 atom stereocenters. The molecule has 6 heteroatoms. The Kier molecular flexibility index (Phi) is 7.36. The Morgan fingerprint density at radius 2 is 1.83 bits per heavy atom. The van der Waals surface area contributed by atoms with E-state index in [2.05, 4.69) is 42.3 Å². The Morgan fingerprint density at radius 1 is 1.14 bits per heavy atom. The van der Waals surface area contributed by atoms with Crippen LogP contribution in [0.15, 0.2) is 48.5 Å². The fraction of sp³-hybridized carbons (Fsp3) is 0.348. The molecule has 156 valence electrons. The molecule has 0 spiro atoms. The fourth-order valence-corrected chi connectivity index (χ4v) is 3.55. The zero-order valence-electron chi connectivity index (χ0n) is 17.6. The number of likely N-dealkylation sites (N-methyl/N-ethyl adjacent to an activating group) is 1. The zero-order valence-corrected chi connectivity index (χ0v) is 19.3. The van der Waals surface area contributed by atoms with Crippen LogP contribution < -0.4 is 14.8 Å². The highest BCUT2D eigenvalue weighted by Gasteiger charge is 2.33. The Hall–Kier alpha value is -2.47. The first kappa shape index (κ1) is 22.8. The van der Waals surface area contributed by atoms with Crippen LogP contribution in [0.3, 0.4) is 0 Å². The van der Waals surface area contributed by atoms with Gasteiger partial charge in [0.05, 0.1) is 14.2 Å². The van der Waals surface area contributed by atoms with E-state index in [4.69, 9.17) is 9.47 Å². The molecule has 29 heavy (non-hydrogen) atoms. The van der Waals surface area contributed by atoms with Gasteiger partial charge in [-0.25, -0.2) is 0 Å². The number of carbonyl (C=O) groups excluding carboxylic acids is 1. The molecular formula is C23H29BrN2O3. The molecule has 0 bridgehead atoms. The molecule has 3 rings (SSSR count). The molecule has 0 aliphatic carbocycles. The van der Waals surface area contributed by atoms with Gasteiger partial charge in [-0.2, -0.15) is 0 Å². The van der Waals surface area contributed by atoms with Gasteiger partial charge >= 0.3 is 0 Å². The Labute approximate surface area is 183 Å². The van der Waals surface area contributed by atoms with E-state index in [0.29, 0.717) is 18.0 Å². The minimum Gasteiger partial charge on any atom is -0.493 e. The molecule has 0 saturated carbocycles. The smallest absolute Gasteiger partial charge is 0.246 e. The highest BCUT2D eigenvalue weighted by molar-refractivity contribution is 8.93. The van der Waals surface area contributed by atoms with Gasteiger partial charge in [0, 0.05) is 36.5 Å². The summed E-state index contributed by atoms with van der Waals surface area (Å²) >= 11 is 0. The summed E-state index contributed by atoms with van der Waals surface area (Å²) in [6.07, 6.45) is 2.64. The van der Waals surface area contributed by atoms with Crippen LogP contribution in [-0.2, 0) is 17.8 Å². The lowest BCUT2D eigenvalue weighted by atomic mass is 9.84. The first-order valence-corrected chi connectivity index (χ1v) is 9.38. The second-order valence-corrected chi connectivity index (χ2v) is 7.64. The minimum absolute atomic E-state index is 0. The van der Waals surface area contributed by atoms with E-state index in [1.54, 1.807) is 20.3 Å². The van der Waals surface area contributed by atoms with Crippen LogP contribution in [0.1, 0.15) is 30.5 Å². The number of ether oxygens (including phenoxy) is 2. The number of carbonyl (C=O) groups is 1. The molecule has 5 nitrogen and oxygen atoms in total. The van der Waals surface area contributed by atoms with Gasteiger partial charge in [0.25, 0.3) is 0 Å². The van der Waals surface area contributed by atoms with E-state index in [1.165, 1.54) is 5.56 Å². The molecule has 2 aromatic carbocycles. The number of rotatable bonds is 5. The Morgan fingerprint density at radius 3 is 2.52 bits per heavy atom. The second kappa shape index (κ2) is 9.35. The first-order chi connectivity index (χ1) is 13.4. The molecule has 0 fully saturated rings. The van der Waals surface area contributed by atoms with Gasteiger partial charge in [-0.15, -0.1) is 17.0 Å². The van der Waals surface area contributed by atoms with Crippen LogP contribution >= 0.6 is 17.0 Å². The summed E-state index contributed by atoms with van der Waals surface area (Å²) in [5, 5.41) is 2.98. The van der Waals surface area contributed by atoms with E-state index >= 15 is 0 Å². The average molecular weight is 461 g/mol. The molecule has 1 N–H and O–H groups in total. The maximum absolute atomic E-state index is 12.7. The summed E-state index contributed by atoms with van der Waals surface area (Å²) in [6, 6.07) is 13.9. The van der Waals surface area contributed by atoms with E-state index in [-0.39, 0.29) is 28.4 Å². The predicted octanol–water partition coefficient (Wildman–Crippen LogP) is 4.21. The van der Waals surface area contributed by atoms with Crippen molar-refractivity contribution in [2.24, 2.45) is 0 Å². The van der Waals surface area contributed by atoms with Gasteiger partial charge < -0.3 is 19.7 Å². The number of hydrogen-bond donors (Lipinski definition) is 1. The van der Waals surface area contributed by atoms with E-state index in [0.717, 1.165) is 23.2 Å². The zero-order chi connectivity index (χ0) is 20.3. The third kappa shape index (κ3) is 4.93. The molecule has 1 aliphatic heterocycles. The van der Waals surface area contributed by atoms with Crippen molar-refractivity contribution in [2.75, 3.05) is 21.3 Å². The summed E-state index contributed by atoms with van der Waals surface area (Å²) in [6.45, 7) is 4.80. The fourth-order valence-electron chi connectivity index (χ4n) is 3.55. The minimum atomic E-state index is -0.121. The summed E-state index contributed by atoms with van der Waals surface area (Å²) < 4.78 is 10.6. The van der Waals surface area contributed by atoms with E-state index in [1.807, 2.05) is 31.3 Å². The van der Waals surface area contributed by atoms with Crippen LogP contribution in [0.2, 0.25) is 0 Å². The lowest BCUT2D eigenvalue weighted by molar-refractivity contribution is -0.116. The summed E-state index contributed by atoms with van der Waals surface area (Å²) in [5.74, 6) is 1.20.